The number of rotatable bonds is 9. The maximum Gasteiger partial charge on any atom is 0.333 e. The molecule has 5 N–H and O–H groups in total. The Balaban J connectivity index is 1.47. The summed E-state index contributed by atoms with van der Waals surface area (Å²) in [6, 6.07) is 10.8. The molecule has 4 atom stereocenters. The zero-order valence-corrected chi connectivity index (χ0v) is 18.9. The molecule has 0 aliphatic heterocycles. The number of hydrogen-bond donors (Lipinski definition) is 4. The van der Waals surface area contributed by atoms with Crippen molar-refractivity contribution < 1.29 is 27.6 Å². The van der Waals surface area contributed by atoms with Gasteiger partial charge in [0.25, 0.3) is 0 Å². The summed E-state index contributed by atoms with van der Waals surface area (Å²) in [6.45, 7) is 0.235. The molecule has 0 spiro atoms. The van der Waals surface area contributed by atoms with Crippen LogP contribution in [0.25, 0.3) is 0 Å². The van der Waals surface area contributed by atoms with Gasteiger partial charge in [-0.05, 0) is 18.1 Å². The summed E-state index contributed by atoms with van der Waals surface area (Å²) in [5.74, 6) is -0.795. The molecule has 180 valence electrons. The van der Waals surface area contributed by atoms with Crippen LogP contribution in [-0.2, 0) is 21.0 Å². The zero-order chi connectivity index (χ0) is 24.3. The second-order valence-electron chi connectivity index (χ2n) is 8.18. The van der Waals surface area contributed by atoms with E-state index in [-0.39, 0.29) is 30.2 Å². The largest absolute Gasteiger partial charge is 0.390 e. The number of nitrogens with two attached hydrogens (primary N) is 1. The van der Waals surface area contributed by atoms with Gasteiger partial charge in [-0.3, -0.25) is 8.98 Å². The average Bonchev–Trinajstić information content (AvgIpc) is 3.38. The van der Waals surface area contributed by atoms with Gasteiger partial charge in [0, 0.05) is 36.6 Å². The number of aliphatic hydroxyl groups excluding tert-OH is 2. The smallest absolute Gasteiger partial charge is 0.333 e. The highest BCUT2D eigenvalue weighted by molar-refractivity contribution is 7.84. The van der Waals surface area contributed by atoms with Gasteiger partial charge in [0.05, 0.1) is 24.3 Å². The van der Waals surface area contributed by atoms with Crippen molar-refractivity contribution in [1.82, 2.24) is 14.5 Å². The monoisotopic (exact) mass is 487 g/mol. The second kappa shape index (κ2) is 9.99. The van der Waals surface area contributed by atoms with Gasteiger partial charge in [-0.1, -0.05) is 30.3 Å². The molecule has 12 heteroatoms. The van der Waals surface area contributed by atoms with Crippen LogP contribution in [0.1, 0.15) is 27.9 Å². The van der Waals surface area contributed by atoms with Gasteiger partial charge in [0.15, 0.2) is 5.78 Å². The van der Waals surface area contributed by atoms with Crippen molar-refractivity contribution in [3.63, 3.8) is 0 Å². The van der Waals surface area contributed by atoms with E-state index in [1.165, 1.54) is 12.5 Å². The van der Waals surface area contributed by atoms with Crippen molar-refractivity contribution in [2.24, 2.45) is 11.1 Å². The van der Waals surface area contributed by atoms with Crippen LogP contribution >= 0.6 is 0 Å². The third-order valence-corrected chi connectivity index (χ3v) is 6.21. The summed E-state index contributed by atoms with van der Waals surface area (Å²) in [6.07, 6.45) is 3.88. The Labute approximate surface area is 196 Å². The van der Waals surface area contributed by atoms with Gasteiger partial charge in [-0.15, -0.1) is 0 Å². The number of nitrogens with one attached hydrogen (secondary N) is 1. The molecule has 0 bridgehead atoms. The zero-order valence-electron chi connectivity index (χ0n) is 18.1. The molecule has 1 aliphatic rings. The molecule has 0 amide bonds. The number of anilines is 1. The van der Waals surface area contributed by atoms with Crippen LogP contribution in [0, 0.1) is 5.92 Å². The van der Waals surface area contributed by atoms with E-state index in [0.717, 1.165) is 5.56 Å². The first-order chi connectivity index (χ1) is 16.2. The van der Waals surface area contributed by atoms with Gasteiger partial charge >= 0.3 is 10.3 Å². The minimum absolute atomic E-state index is 0.170. The average molecular weight is 488 g/mol. The fourth-order valence-electron chi connectivity index (χ4n) is 4.02. The molecule has 0 unspecified atom stereocenters. The van der Waals surface area contributed by atoms with Crippen molar-refractivity contribution in [2.75, 3.05) is 11.9 Å². The number of aliphatic hydroxyl groups is 2. The number of aromatic nitrogens is 3. The molecule has 1 aromatic carbocycles. The predicted molar refractivity (Wildman–Crippen MR) is 122 cm³/mol. The van der Waals surface area contributed by atoms with Crippen LogP contribution < -0.4 is 10.5 Å². The molecule has 2 heterocycles. The lowest BCUT2D eigenvalue weighted by atomic mass is 10.1. The summed E-state index contributed by atoms with van der Waals surface area (Å²) >= 11 is 0. The van der Waals surface area contributed by atoms with Crippen LogP contribution in [0.5, 0.6) is 0 Å². The van der Waals surface area contributed by atoms with Crippen molar-refractivity contribution >= 4 is 21.9 Å². The number of carbonyl (C=O) groups is 1. The van der Waals surface area contributed by atoms with E-state index in [9.17, 15) is 23.4 Å². The van der Waals surface area contributed by atoms with Crippen molar-refractivity contribution in [1.29, 1.82) is 0 Å². The Morgan fingerprint density at radius 3 is 2.71 bits per heavy atom. The Hall–Kier alpha value is -3.16. The van der Waals surface area contributed by atoms with Gasteiger partial charge in [-0.2, -0.15) is 8.42 Å². The summed E-state index contributed by atoms with van der Waals surface area (Å²) in [7, 11) is -4.18. The van der Waals surface area contributed by atoms with Crippen molar-refractivity contribution in [3.8, 4) is 0 Å². The summed E-state index contributed by atoms with van der Waals surface area (Å²) in [4.78, 5) is 21.3. The van der Waals surface area contributed by atoms with Gasteiger partial charge in [0.1, 0.15) is 18.2 Å². The number of nitrogens with zero attached hydrogens (tertiary/aromatic N) is 3. The van der Waals surface area contributed by atoms with E-state index in [2.05, 4.69) is 19.5 Å². The van der Waals surface area contributed by atoms with Gasteiger partial charge < -0.3 is 20.1 Å². The lowest BCUT2D eigenvalue weighted by Crippen LogP contribution is -2.36. The number of benzene rings is 1. The molecule has 2 aromatic heterocycles. The lowest BCUT2D eigenvalue weighted by Gasteiger charge is -2.19. The Kier molecular flexibility index (Phi) is 7.05. The quantitative estimate of drug-likeness (QED) is 0.310. The third kappa shape index (κ3) is 5.66. The molecule has 0 saturated heterocycles. The minimum atomic E-state index is -4.18. The van der Waals surface area contributed by atoms with Crippen LogP contribution in [0.4, 0.5) is 5.82 Å². The molecule has 34 heavy (non-hydrogen) atoms. The summed E-state index contributed by atoms with van der Waals surface area (Å²) < 4.78 is 28.6. The van der Waals surface area contributed by atoms with Crippen molar-refractivity contribution in [3.05, 3.63) is 78.0 Å². The summed E-state index contributed by atoms with van der Waals surface area (Å²) in [5.41, 5.74) is 1.74. The lowest BCUT2D eigenvalue weighted by molar-refractivity contribution is 0.00778. The standard InChI is InChI=1S/C22H25N5O6S/c23-34(31,32)33-12-16-8-18(21(30)20(16)29)26-22-17(9-24-13-25-22)19(28)15-6-7-27(11-15)10-14-4-2-1-3-5-14/h1-7,9,11,13,16,18,20-21,29-30H,8,10,12H2,(H2,23,31,32)(H,24,25,26)/t16-,18-,20-,21+/m1/s1. The van der Waals surface area contributed by atoms with E-state index in [0.29, 0.717) is 12.1 Å². The molecule has 1 saturated carbocycles. The molecule has 4 rings (SSSR count). The SMILES string of the molecule is NS(=O)(=O)OC[C@H]1C[C@@H](Nc2ncncc2C(=O)c2ccn(Cc3ccccc3)c2)[C@H](O)[C@@H]1O. The molecular weight excluding hydrogens is 462 g/mol. The fourth-order valence-corrected chi connectivity index (χ4v) is 4.39. The highest BCUT2D eigenvalue weighted by Gasteiger charge is 2.42. The number of hydrogen-bond acceptors (Lipinski definition) is 9. The molecule has 1 fully saturated rings. The molecule has 3 aromatic rings. The Bertz CT molecular complexity index is 1250. The van der Waals surface area contributed by atoms with E-state index >= 15 is 0 Å². The maximum atomic E-state index is 13.2. The first kappa shape index (κ1) is 24.0. The Morgan fingerprint density at radius 1 is 1.21 bits per heavy atom. The molecular formula is C22H25N5O6S. The normalized spacial score (nSPS) is 22.6. The first-order valence-electron chi connectivity index (χ1n) is 10.6. The topological polar surface area (TPSA) is 170 Å². The highest BCUT2D eigenvalue weighted by atomic mass is 32.2. The molecule has 1 aliphatic carbocycles. The Morgan fingerprint density at radius 2 is 1.97 bits per heavy atom. The van der Waals surface area contributed by atoms with E-state index < -0.39 is 34.5 Å². The van der Waals surface area contributed by atoms with Gasteiger partial charge in [-0.25, -0.2) is 15.1 Å². The second-order valence-corrected chi connectivity index (χ2v) is 9.40. The third-order valence-electron chi connectivity index (χ3n) is 5.75. The van der Waals surface area contributed by atoms with Crippen LogP contribution in [0.15, 0.2) is 61.3 Å². The minimum Gasteiger partial charge on any atom is -0.390 e. The number of carbonyl (C=O) groups excluding carboxylic acids is 1. The van der Waals surface area contributed by atoms with E-state index in [1.54, 1.807) is 12.3 Å². The van der Waals surface area contributed by atoms with Gasteiger partial charge in [0.2, 0.25) is 0 Å². The number of ketones is 1. The van der Waals surface area contributed by atoms with E-state index in [4.69, 9.17) is 5.14 Å². The van der Waals surface area contributed by atoms with Crippen LogP contribution in [0.3, 0.4) is 0 Å². The highest BCUT2D eigenvalue weighted by Crippen LogP contribution is 2.30. The van der Waals surface area contributed by atoms with Crippen LogP contribution in [-0.4, -0.2) is 63.8 Å². The maximum absolute atomic E-state index is 13.2. The molecule has 0 radical (unpaired) electrons. The van der Waals surface area contributed by atoms with Crippen LogP contribution in [0.2, 0.25) is 0 Å². The predicted octanol–water partition coefficient (Wildman–Crippen LogP) is 0.300. The summed E-state index contributed by atoms with van der Waals surface area (Å²) in [5, 5.41) is 28.5. The van der Waals surface area contributed by atoms with E-state index in [1.807, 2.05) is 41.1 Å². The fraction of sp³-hybridized carbons (Fsp3) is 0.318. The first-order valence-corrected chi connectivity index (χ1v) is 12.0. The van der Waals surface area contributed by atoms with Crippen molar-refractivity contribution in [2.45, 2.75) is 31.2 Å². The molecule has 11 nitrogen and oxygen atoms in total.